The van der Waals surface area contributed by atoms with E-state index >= 15 is 0 Å². The van der Waals surface area contributed by atoms with Gasteiger partial charge in [0.05, 0.1) is 18.7 Å². The zero-order valence-electron chi connectivity index (χ0n) is 17.0. The van der Waals surface area contributed by atoms with Crippen molar-refractivity contribution in [2.75, 3.05) is 13.2 Å². The minimum atomic E-state index is -0.553. The summed E-state index contributed by atoms with van der Waals surface area (Å²) in [7, 11) is 0. The predicted octanol–water partition coefficient (Wildman–Crippen LogP) is 3.60. The quantitative estimate of drug-likeness (QED) is 0.648. The van der Waals surface area contributed by atoms with Gasteiger partial charge in [-0.2, -0.15) is 0 Å². The molecule has 0 saturated heterocycles. The Morgan fingerprint density at radius 2 is 1.79 bits per heavy atom. The van der Waals surface area contributed by atoms with Gasteiger partial charge in [0, 0.05) is 25.5 Å². The lowest BCUT2D eigenvalue weighted by Crippen LogP contribution is -2.34. The summed E-state index contributed by atoms with van der Waals surface area (Å²) < 4.78 is 10.6. The fraction of sp³-hybridized carbons (Fsp3) is 0.409. The van der Waals surface area contributed by atoms with Crippen molar-refractivity contribution in [3.63, 3.8) is 0 Å². The van der Waals surface area contributed by atoms with Crippen LogP contribution in [0.1, 0.15) is 49.2 Å². The molecule has 0 bridgehead atoms. The van der Waals surface area contributed by atoms with Crippen molar-refractivity contribution in [1.29, 1.82) is 0 Å². The van der Waals surface area contributed by atoms with Gasteiger partial charge in [0.2, 0.25) is 0 Å². The highest BCUT2D eigenvalue weighted by Gasteiger charge is 2.21. The second-order valence-corrected chi connectivity index (χ2v) is 7.47. The second-order valence-electron chi connectivity index (χ2n) is 7.47. The maximum atomic E-state index is 12.4. The van der Waals surface area contributed by atoms with Gasteiger partial charge in [-0.15, -0.1) is 0 Å². The number of ether oxygens (including phenoxy) is 2. The second kappa shape index (κ2) is 9.99. The molecular formula is C22H28N2O4. The number of nitrogens with zero attached hydrogens (tertiary/aromatic N) is 2. The number of esters is 2. The number of benzene rings is 1. The maximum absolute atomic E-state index is 12.4. The lowest BCUT2D eigenvalue weighted by molar-refractivity contribution is -0.156. The molecule has 0 aliphatic carbocycles. The van der Waals surface area contributed by atoms with E-state index in [4.69, 9.17) is 9.47 Å². The molecule has 2 aromatic rings. The van der Waals surface area contributed by atoms with Gasteiger partial charge in [-0.05, 0) is 44.9 Å². The Hall–Kier alpha value is -2.73. The number of hydrogen-bond donors (Lipinski definition) is 0. The van der Waals surface area contributed by atoms with E-state index in [1.807, 2.05) is 56.0 Å². The molecule has 0 fully saturated rings. The van der Waals surface area contributed by atoms with E-state index in [-0.39, 0.29) is 12.5 Å². The maximum Gasteiger partial charge on any atom is 0.340 e. The van der Waals surface area contributed by atoms with Crippen LogP contribution in [0.15, 0.2) is 48.8 Å². The van der Waals surface area contributed by atoms with Gasteiger partial charge >= 0.3 is 11.9 Å². The van der Waals surface area contributed by atoms with Crippen LogP contribution < -0.4 is 0 Å². The summed E-state index contributed by atoms with van der Waals surface area (Å²) in [4.78, 5) is 30.6. The number of pyridine rings is 1. The van der Waals surface area contributed by atoms with Crippen molar-refractivity contribution >= 4 is 11.9 Å². The lowest BCUT2D eigenvalue weighted by atomic mass is 10.1. The third-order valence-corrected chi connectivity index (χ3v) is 3.82. The Labute approximate surface area is 166 Å². The number of carbonyl (C=O) groups is 2. The average molecular weight is 384 g/mol. The Balaban J connectivity index is 2.22. The molecule has 150 valence electrons. The molecule has 0 spiro atoms. The Morgan fingerprint density at radius 3 is 2.43 bits per heavy atom. The molecule has 0 radical (unpaired) electrons. The molecular weight excluding hydrogens is 356 g/mol. The lowest BCUT2D eigenvalue weighted by Gasteiger charge is -2.25. The minimum absolute atomic E-state index is 0.108. The summed E-state index contributed by atoms with van der Waals surface area (Å²) in [5.41, 5.74) is 1.68. The van der Waals surface area contributed by atoms with Crippen LogP contribution in [0.2, 0.25) is 0 Å². The SMILES string of the molecule is CCOC(=O)c1cnccc1CN(CC(=O)OC(C)(C)C)Cc1ccccc1. The van der Waals surface area contributed by atoms with Crippen LogP contribution in [-0.4, -0.2) is 40.6 Å². The van der Waals surface area contributed by atoms with E-state index in [0.29, 0.717) is 25.3 Å². The molecule has 0 saturated carbocycles. The fourth-order valence-electron chi connectivity index (χ4n) is 2.76. The Morgan fingerprint density at radius 1 is 1.07 bits per heavy atom. The number of hydrogen-bond acceptors (Lipinski definition) is 6. The molecule has 28 heavy (non-hydrogen) atoms. The molecule has 2 rings (SSSR count). The van der Waals surface area contributed by atoms with E-state index in [0.717, 1.165) is 11.1 Å². The number of aromatic nitrogens is 1. The highest BCUT2D eigenvalue weighted by molar-refractivity contribution is 5.90. The van der Waals surface area contributed by atoms with Crippen LogP contribution in [0.5, 0.6) is 0 Å². The van der Waals surface area contributed by atoms with Crippen LogP contribution in [0.3, 0.4) is 0 Å². The summed E-state index contributed by atoms with van der Waals surface area (Å²) in [6.45, 7) is 8.62. The van der Waals surface area contributed by atoms with Crippen molar-refractivity contribution in [2.45, 2.75) is 46.4 Å². The smallest absolute Gasteiger partial charge is 0.340 e. The van der Waals surface area contributed by atoms with Gasteiger partial charge in [0.15, 0.2) is 0 Å². The first kappa shape index (κ1) is 21.6. The molecule has 6 nitrogen and oxygen atoms in total. The zero-order chi connectivity index (χ0) is 20.6. The van der Waals surface area contributed by atoms with E-state index in [1.165, 1.54) is 6.20 Å². The minimum Gasteiger partial charge on any atom is -0.462 e. The third-order valence-electron chi connectivity index (χ3n) is 3.82. The topological polar surface area (TPSA) is 68.7 Å². The van der Waals surface area contributed by atoms with Crippen LogP contribution in [0.25, 0.3) is 0 Å². The fourth-order valence-corrected chi connectivity index (χ4v) is 2.76. The standard InChI is InChI=1S/C22H28N2O4/c1-5-27-21(26)19-13-23-12-11-18(19)15-24(14-17-9-7-6-8-10-17)16-20(25)28-22(2,3)4/h6-13H,5,14-16H2,1-4H3. The van der Waals surface area contributed by atoms with Crippen molar-refractivity contribution in [1.82, 2.24) is 9.88 Å². The first-order valence-electron chi connectivity index (χ1n) is 9.36. The van der Waals surface area contributed by atoms with Crippen molar-refractivity contribution in [2.24, 2.45) is 0 Å². The summed E-state index contributed by atoms with van der Waals surface area (Å²) >= 11 is 0. The van der Waals surface area contributed by atoms with E-state index in [1.54, 1.807) is 19.2 Å². The van der Waals surface area contributed by atoms with Gasteiger partial charge in [0.25, 0.3) is 0 Å². The molecule has 0 unspecified atom stereocenters. The van der Waals surface area contributed by atoms with Crippen LogP contribution in [0, 0.1) is 0 Å². The molecule has 0 atom stereocenters. The third kappa shape index (κ3) is 7.12. The van der Waals surface area contributed by atoms with Gasteiger partial charge in [-0.1, -0.05) is 30.3 Å². The van der Waals surface area contributed by atoms with E-state index in [2.05, 4.69) is 4.98 Å². The molecule has 1 aromatic heterocycles. The first-order valence-corrected chi connectivity index (χ1v) is 9.36. The predicted molar refractivity (Wildman–Crippen MR) is 107 cm³/mol. The summed E-state index contributed by atoms with van der Waals surface area (Å²) in [5, 5.41) is 0. The first-order chi connectivity index (χ1) is 13.3. The van der Waals surface area contributed by atoms with E-state index in [9.17, 15) is 9.59 Å². The van der Waals surface area contributed by atoms with Crippen LogP contribution in [-0.2, 0) is 27.4 Å². The van der Waals surface area contributed by atoms with Gasteiger partial charge in [-0.3, -0.25) is 14.7 Å². The largest absolute Gasteiger partial charge is 0.462 e. The Kier molecular flexibility index (Phi) is 7.70. The van der Waals surface area contributed by atoms with Gasteiger partial charge in [0.1, 0.15) is 5.60 Å². The highest BCUT2D eigenvalue weighted by Crippen LogP contribution is 2.16. The Bertz CT molecular complexity index is 785. The zero-order valence-corrected chi connectivity index (χ0v) is 17.0. The van der Waals surface area contributed by atoms with Crippen molar-refractivity contribution in [3.05, 3.63) is 65.5 Å². The van der Waals surface area contributed by atoms with Crippen LogP contribution in [0.4, 0.5) is 0 Å². The highest BCUT2D eigenvalue weighted by atomic mass is 16.6. The van der Waals surface area contributed by atoms with Gasteiger partial charge in [-0.25, -0.2) is 4.79 Å². The number of rotatable bonds is 8. The molecule has 1 aromatic carbocycles. The molecule has 1 heterocycles. The monoisotopic (exact) mass is 384 g/mol. The van der Waals surface area contributed by atoms with E-state index < -0.39 is 11.6 Å². The van der Waals surface area contributed by atoms with Crippen molar-refractivity contribution < 1.29 is 19.1 Å². The summed E-state index contributed by atoms with van der Waals surface area (Å²) in [5.74, 6) is -0.724. The number of carbonyl (C=O) groups excluding carboxylic acids is 2. The average Bonchev–Trinajstić information content (AvgIpc) is 2.61. The normalized spacial score (nSPS) is 11.3. The molecule has 0 amide bonds. The summed E-state index contributed by atoms with van der Waals surface area (Å²) in [6.07, 6.45) is 3.13. The molecule has 0 aliphatic heterocycles. The van der Waals surface area contributed by atoms with Crippen molar-refractivity contribution in [3.8, 4) is 0 Å². The van der Waals surface area contributed by atoms with Gasteiger partial charge < -0.3 is 9.47 Å². The summed E-state index contributed by atoms with van der Waals surface area (Å²) in [6, 6.07) is 11.6. The molecule has 0 aliphatic rings. The molecule has 0 N–H and O–H groups in total. The van der Waals surface area contributed by atoms with Crippen LogP contribution >= 0.6 is 0 Å². The molecule has 6 heteroatoms.